The molecule has 0 aliphatic rings. The highest BCUT2D eigenvalue weighted by Gasteiger charge is 2.10. The van der Waals surface area contributed by atoms with E-state index in [1.807, 2.05) is 30.3 Å². The van der Waals surface area contributed by atoms with Gasteiger partial charge in [0.25, 0.3) is 0 Å². The molecular formula is C18H13NO. The standard InChI is InChI=1S/C18H13NO/c1-12-5-4-7-14(11-12)18-19-17-15-8-3-2-6-13(15)9-10-16(17)20-18/h2-11H,1H3. The van der Waals surface area contributed by atoms with E-state index >= 15 is 0 Å². The summed E-state index contributed by atoms with van der Waals surface area (Å²) in [4.78, 5) is 4.69. The number of benzene rings is 3. The van der Waals surface area contributed by atoms with Gasteiger partial charge in [0.15, 0.2) is 5.58 Å². The Kier molecular flexibility index (Phi) is 2.36. The first kappa shape index (κ1) is 11.2. The third kappa shape index (κ3) is 1.69. The normalized spacial score (nSPS) is 11.2. The van der Waals surface area contributed by atoms with Crippen LogP contribution in [0.4, 0.5) is 0 Å². The van der Waals surface area contributed by atoms with Crippen LogP contribution in [0, 0.1) is 6.92 Å². The molecule has 3 aromatic carbocycles. The highest BCUT2D eigenvalue weighted by Crippen LogP contribution is 2.29. The van der Waals surface area contributed by atoms with Crippen molar-refractivity contribution >= 4 is 21.9 Å². The van der Waals surface area contributed by atoms with Gasteiger partial charge in [0.1, 0.15) is 5.52 Å². The Hall–Kier alpha value is -2.61. The van der Waals surface area contributed by atoms with Crippen molar-refractivity contribution in [2.75, 3.05) is 0 Å². The zero-order valence-electron chi connectivity index (χ0n) is 11.1. The molecule has 0 aliphatic heterocycles. The first-order chi connectivity index (χ1) is 9.81. The number of nitrogens with zero attached hydrogens (tertiary/aromatic N) is 1. The van der Waals surface area contributed by atoms with E-state index < -0.39 is 0 Å². The van der Waals surface area contributed by atoms with Gasteiger partial charge in [-0.3, -0.25) is 0 Å². The van der Waals surface area contributed by atoms with Crippen LogP contribution < -0.4 is 0 Å². The van der Waals surface area contributed by atoms with Crippen molar-refractivity contribution in [3.63, 3.8) is 0 Å². The molecule has 0 saturated heterocycles. The molecule has 2 nitrogen and oxygen atoms in total. The van der Waals surface area contributed by atoms with Gasteiger partial charge in [0, 0.05) is 10.9 Å². The first-order valence-corrected chi connectivity index (χ1v) is 6.66. The van der Waals surface area contributed by atoms with E-state index in [2.05, 4.69) is 42.2 Å². The van der Waals surface area contributed by atoms with Gasteiger partial charge in [-0.1, -0.05) is 48.0 Å². The Labute approximate surface area is 116 Å². The molecular weight excluding hydrogens is 246 g/mol. The van der Waals surface area contributed by atoms with E-state index in [1.54, 1.807) is 0 Å². The van der Waals surface area contributed by atoms with Gasteiger partial charge in [-0.25, -0.2) is 4.98 Å². The second kappa shape index (κ2) is 4.20. The predicted molar refractivity (Wildman–Crippen MR) is 81.7 cm³/mol. The number of hydrogen-bond acceptors (Lipinski definition) is 2. The lowest BCUT2D eigenvalue weighted by Gasteiger charge is -1.96. The fourth-order valence-corrected chi connectivity index (χ4v) is 2.56. The molecule has 0 amide bonds. The minimum atomic E-state index is 0.681. The molecule has 0 radical (unpaired) electrons. The van der Waals surface area contributed by atoms with Crippen LogP contribution in [0.2, 0.25) is 0 Å². The lowest BCUT2D eigenvalue weighted by Crippen LogP contribution is -1.79. The molecule has 4 rings (SSSR count). The molecule has 1 heterocycles. The maximum Gasteiger partial charge on any atom is 0.227 e. The quantitative estimate of drug-likeness (QED) is 0.483. The fraction of sp³-hybridized carbons (Fsp3) is 0.0556. The third-order valence-electron chi connectivity index (χ3n) is 3.55. The van der Waals surface area contributed by atoms with E-state index in [1.165, 1.54) is 10.9 Å². The smallest absolute Gasteiger partial charge is 0.227 e. The van der Waals surface area contributed by atoms with Crippen LogP contribution in [0.5, 0.6) is 0 Å². The van der Waals surface area contributed by atoms with Crippen LogP contribution >= 0.6 is 0 Å². The topological polar surface area (TPSA) is 26.0 Å². The molecule has 0 fully saturated rings. The van der Waals surface area contributed by atoms with Crippen LogP contribution in [0.15, 0.2) is 65.1 Å². The number of rotatable bonds is 1. The zero-order valence-corrected chi connectivity index (χ0v) is 11.1. The monoisotopic (exact) mass is 259 g/mol. The Morgan fingerprint density at radius 3 is 2.70 bits per heavy atom. The van der Waals surface area contributed by atoms with Gasteiger partial charge in [-0.05, 0) is 30.5 Å². The van der Waals surface area contributed by atoms with Crippen molar-refractivity contribution < 1.29 is 4.42 Å². The Morgan fingerprint density at radius 1 is 0.900 bits per heavy atom. The number of hydrogen-bond donors (Lipinski definition) is 0. The van der Waals surface area contributed by atoms with Crippen molar-refractivity contribution in [1.29, 1.82) is 0 Å². The van der Waals surface area contributed by atoms with Gasteiger partial charge in [-0.2, -0.15) is 0 Å². The molecule has 0 saturated carbocycles. The maximum atomic E-state index is 5.91. The van der Waals surface area contributed by atoms with Gasteiger partial charge in [-0.15, -0.1) is 0 Å². The van der Waals surface area contributed by atoms with E-state index in [4.69, 9.17) is 4.42 Å². The van der Waals surface area contributed by atoms with Gasteiger partial charge in [0.05, 0.1) is 0 Å². The molecule has 2 heteroatoms. The summed E-state index contributed by atoms with van der Waals surface area (Å²) in [5, 5.41) is 2.32. The summed E-state index contributed by atoms with van der Waals surface area (Å²) >= 11 is 0. The second-order valence-electron chi connectivity index (χ2n) is 5.02. The average molecular weight is 259 g/mol. The third-order valence-corrected chi connectivity index (χ3v) is 3.55. The van der Waals surface area contributed by atoms with Crippen LogP contribution in [-0.4, -0.2) is 4.98 Å². The summed E-state index contributed by atoms with van der Waals surface area (Å²) in [7, 11) is 0. The summed E-state index contributed by atoms with van der Waals surface area (Å²) in [5.74, 6) is 0.681. The van der Waals surface area contributed by atoms with E-state index in [-0.39, 0.29) is 0 Å². The SMILES string of the molecule is Cc1cccc(-c2nc3c(ccc4ccccc43)o2)c1. The van der Waals surface area contributed by atoms with Crippen molar-refractivity contribution in [3.8, 4) is 11.5 Å². The van der Waals surface area contributed by atoms with E-state index in [0.717, 1.165) is 22.0 Å². The minimum Gasteiger partial charge on any atom is -0.436 e. The van der Waals surface area contributed by atoms with Crippen molar-refractivity contribution in [3.05, 3.63) is 66.2 Å². The highest BCUT2D eigenvalue weighted by atomic mass is 16.3. The average Bonchev–Trinajstić information content (AvgIpc) is 2.92. The lowest BCUT2D eigenvalue weighted by atomic mass is 10.1. The zero-order chi connectivity index (χ0) is 13.5. The summed E-state index contributed by atoms with van der Waals surface area (Å²) < 4.78 is 5.91. The molecule has 96 valence electrons. The number of aryl methyl sites for hydroxylation is 1. The lowest BCUT2D eigenvalue weighted by molar-refractivity contribution is 0.620. The highest BCUT2D eigenvalue weighted by molar-refractivity contribution is 6.03. The van der Waals surface area contributed by atoms with Gasteiger partial charge < -0.3 is 4.42 Å². The predicted octanol–water partition coefficient (Wildman–Crippen LogP) is 4.96. The summed E-state index contributed by atoms with van der Waals surface area (Å²) in [6, 6.07) is 20.5. The molecule has 0 aliphatic carbocycles. The molecule has 0 atom stereocenters. The molecule has 0 spiro atoms. The molecule has 0 N–H and O–H groups in total. The Bertz CT molecular complexity index is 921. The fourth-order valence-electron chi connectivity index (χ4n) is 2.56. The van der Waals surface area contributed by atoms with E-state index in [9.17, 15) is 0 Å². The van der Waals surface area contributed by atoms with Gasteiger partial charge >= 0.3 is 0 Å². The van der Waals surface area contributed by atoms with Crippen molar-refractivity contribution in [1.82, 2.24) is 4.98 Å². The minimum absolute atomic E-state index is 0.681. The van der Waals surface area contributed by atoms with Crippen molar-refractivity contribution in [2.45, 2.75) is 6.92 Å². The van der Waals surface area contributed by atoms with Crippen LogP contribution in [0.3, 0.4) is 0 Å². The van der Waals surface area contributed by atoms with Gasteiger partial charge in [0.2, 0.25) is 5.89 Å². The Balaban J connectivity index is 2.01. The van der Waals surface area contributed by atoms with Crippen LogP contribution in [0.25, 0.3) is 33.3 Å². The largest absolute Gasteiger partial charge is 0.436 e. The number of aromatic nitrogens is 1. The number of oxazole rings is 1. The summed E-state index contributed by atoms with van der Waals surface area (Å²) in [6.45, 7) is 2.07. The van der Waals surface area contributed by atoms with E-state index in [0.29, 0.717) is 5.89 Å². The first-order valence-electron chi connectivity index (χ1n) is 6.66. The molecule has 1 aromatic heterocycles. The van der Waals surface area contributed by atoms with Crippen molar-refractivity contribution in [2.24, 2.45) is 0 Å². The van der Waals surface area contributed by atoms with Crippen LogP contribution in [-0.2, 0) is 0 Å². The maximum absolute atomic E-state index is 5.91. The summed E-state index contributed by atoms with van der Waals surface area (Å²) in [6.07, 6.45) is 0. The second-order valence-corrected chi connectivity index (χ2v) is 5.02. The molecule has 0 unspecified atom stereocenters. The van der Waals surface area contributed by atoms with Crippen LogP contribution in [0.1, 0.15) is 5.56 Å². The molecule has 0 bridgehead atoms. The molecule has 20 heavy (non-hydrogen) atoms. The summed E-state index contributed by atoms with van der Waals surface area (Å²) in [5.41, 5.74) is 3.99. The Morgan fingerprint density at radius 2 is 1.80 bits per heavy atom. The molecule has 4 aromatic rings. The number of fused-ring (bicyclic) bond motifs is 3.